The maximum Gasteiger partial charge on any atom is 0.263 e. The zero-order valence-electron chi connectivity index (χ0n) is 10.8. The molecule has 0 bridgehead atoms. The molecule has 2 rings (SSSR count). The van der Waals surface area contributed by atoms with Crippen LogP contribution in [0.25, 0.3) is 0 Å². The zero-order chi connectivity index (χ0) is 14.8. The van der Waals surface area contributed by atoms with Gasteiger partial charge in [-0.2, -0.15) is 0 Å². The molecule has 1 heterocycles. The minimum atomic E-state index is -3.72. The van der Waals surface area contributed by atoms with Crippen LogP contribution >= 0.6 is 11.6 Å². The van der Waals surface area contributed by atoms with E-state index < -0.39 is 10.0 Å². The summed E-state index contributed by atoms with van der Waals surface area (Å²) in [7, 11) is -2.20. The summed E-state index contributed by atoms with van der Waals surface area (Å²) in [5.41, 5.74) is 0.720. The van der Waals surface area contributed by atoms with Crippen LogP contribution in [-0.2, 0) is 10.0 Å². The number of hydrogen-bond donors (Lipinski definition) is 1. The Hall–Kier alpha value is -1.86. The van der Waals surface area contributed by atoms with Crippen molar-refractivity contribution in [1.29, 1.82) is 0 Å². The van der Waals surface area contributed by atoms with Crippen molar-refractivity contribution in [3.63, 3.8) is 0 Å². The van der Waals surface area contributed by atoms with Crippen molar-refractivity contribution in [3.05, 3.63) is 41.3 Å². The van der Waals surface area contributed by atoms with Gasteiger partial charge in [-0.3, -0.25) is 4.72 Å². The maximum absolute atomic E-state index is 12.2. The highest BCUT2D eigenvalue weighted by Gasteiger charge is 2.16. The van der Waals surface area contributed by atoms with Crippen LogP contribution in [0.15, 0.2) is 35.5 Å². The molecule has 2 aromatic rings. The number of halogens is 1. The zero-order valence-corrected chi connectivity index (χ0v) is 12.4. The Bertz CT molecular complexity index is 717. The fourth-order valence-corrected chi connectivity index (χ4v) is 2.75. The second-order valence-corrected chi connectivity index (χ2v) is 6.03. The topological polar surface area (TPSA) is 81.2 Å². The van der Waals surface area contributed by atoms with Gasteiger partial charge in [-0.25, -0.2) is 18.4 Å². The minimum absolute atomic E-state index is 0.0999. The first-order valence-corrected chi connectivity index (χ1v) is 7.43. The molecule has 0 spiro atoms. The summed E-state index contributed by atoms with van der Waals surface area (Å²) >= 11 is 5.59. The van der Waals surface area contributed by atoms with Crippen LogP contribution in [0.3, 0.4) is 0 Å². The Morgan fingerprint density at radius 2 is 2.00 bits per heavy atom. The second-order valence-electron chi connectivity index (χ2n) is 3.96. The maximum atomic E-state index is 12.2. The van der Waals surface area contributed by atoms with Gasteiger partial charge in [0.15, 0.2) is 5.82 Å². The number of benzene rings is 1. The fraction of sp³-hybridized carbons (Fsp3) is 0.167. The third-order valence-electron chi connectivity index (χ3n) is 2.54. The van der Waals surface area contributed by atoms with E-state index in [4.69, 9.17) is 16.3 Å². The highest BCUT2D eigenvalue weighted by atomic mass is 35.5. The highest BCUT2D eigenvalue weighted by Crippen LogP contribution is 2.22. The molecule has 0 aliphatic heterocycles. The number of methoxy groups -OCH3 is 1. The molecule has 0 saturated heterocycles. The van der Waals surface area contributed by atoms with Crippen LogP contribution < -0.4 is 9.46 Å². The molecule has 0 atom stereocenters. The van der Waals surface area contributed by atoms with Crippen LogP contribution in [-0.4, -0.2) is 25.5 Å². The molecule has 0 aliphatic rings. The molecule has 1 aromatic heterocycles. The number of rotatable bonds is 4. The quantitative estimate of drug-likeness (QED) is 0.936. The van der Waals surface area contributed by atoms with Gasteiger partial charge in [-0.15, -0.1) is 0 Å². The first-order valence-electron chi connectivity index (χ1n) is 5.57. The molecule has 106 valence electrons. The normalized spacial score (nSPS) is 11.2. The lowest BCUT2D eigenvalue weighted by Crippen LogP contribution is -2.14. The molecular formula is C12H12ClN3O3S. The fourth-order valence-electron chi connectivity index (χ4n) is 1.58. The molecule has 0 saturated carbocycles. The number of sulfonamides is 1. The van der Waals surface area contributed by atoms with Gasteiger partial charge in [-0.1, -0.05) is 11.6 Å². The SMILES string of the molecule is COc1ccc(S(=O)(=O)Nc2cnc(Cl)cn2)cc1C. The monoisotopic (exact) mass is 313 g/mol. The van der Waals surface area contributed by atoms with Crippen LogP contribution in [0.2, 0.25) is 5.15 Å². The summed E-state index contributed by atoms with van der Waals surface area (Å²) in [5.74, 6) is 0.720. The Labute approximate surface area is 121 Å². The van der Waals surface area contributed by atoms with E-state index in [-0.39, 0.29) is 15.9 Å². The van der Waals surface area contributed by atoms with Crippen molar-refractivity contribution in [2.45, 2.75) is 11.8 Å². The number of ether oxygens (including phenoxy) is 1. The molecule has 0 amide bonds. The summed E-state index contributed by atoms with van der Waals surface area (Å²) in [4.78, 5) is 7.71. The Morgan fingerprint density at radius 1 is 1.25 bits per heavy atom. The molecular weight excluding hydrogens is 302 g/mol. The number of nitrogens with zero attached hydrogens (tertiary/aromatic N) is 2. The first kappa shape index (κ1) is 14.5. The van der Waals surface area contributed by atoms with E-state index in [1.54, 1.807) is 13.0 Å². The number of hydrogen-bond acceptors (Lipinski definition) is 5. The summed E-state index contributed by atoms with van der Waals surface area (Å²) in [6.07, 6.45) is 2.51. The Kier molecular flexibility index (Phi) is 4.10. The van der Waals surface area contributed by atoms with Crippen LogP contribution in [0.5, 0.6) is 5.75 Å². The van der Waals surface area contributed by atoms with Crippen LogP contribution in [0.1, 0.15) is 5.56 Å². The summed E-state index contributed by atoms with van der Waals surface area (Å²) in [5, 5.41) is 0.188. The van der Waals surface area contributed by atoms with Gasteiger partial charge in [0, 0.05) is 0 Å². The highest BCUT2D eigenvalue weighted by molar-refractivity contribution is 7.92. The average Bonchev–Trinajstić information content (AvgIpc) is 2.41. The predicted octanol–water partition coefficient (Wildman–Crippen LogP) is 2.25. The van der Waals surface area contributed by atoms with E-state index in [9.17, 15) is 8.42 Å². The van der Waals surface area contributed by atoms with Crippen molar-refractivity contribution in [2.24, 2.45) is 0 Å². The third-order valence-corrected chi connectivity index (χ3v) is 4.08. The summed E-state index contributed by atoms with van der Waals surface area (Å²) in [6.45, 7) is 1.76. The average molecular weight is 314 g/mol. The van der Waals surface area contributed by atoms with E-state index >= 15 is 0 Å². The van der Waals surface area contributed by atoms with E-state index in [2.05, 4.69) is 14.7 Å². The van der Waals surface area contributed by atoms with Gasteiger partial charge in [0.2, 0.25) is 0 Å². The second kappa shape index (κ2) is 5.64. The summed E-state index contributed by atoms with van der Waals surface area (Å²) < 4.78 is 31.8. The van der Waals surface area contributed by atoms with Crippen molar-refractivity contribution >= 4 is 27.4 Å². The van der Waals surface area contributed by atoms with Gasteiger partial charge in [0.1, 0.15) is 10.9 Å². The molecule has 6 nitrogen and oxygen atoms in total. The van der Waals surface area contributed by atoms with Crippen LogP contribution in [0, 0.1) is 6.92 Å². The molecule has 20 heavy (non-hydrogen) atoms. The Balaban J connectivity index is 2.30. The number of aromatic nitrogens is 2. The standard InChI is InChI=1S/C12H12ClN3O3S/c1-8-5-9(3-4-10(8)19-2)20(17,18)16-12-7-14-11(13)6-15-12/h3-7H,1-2H3,(H,15,16). The molecule has 0 unspecified atom stereocenters. The molecule has 0 aliphatic carbocycles. The van der Waals surface area contributed by atoms with Crippen molar-refractivity contribution < 1.29 is 13.2 Å². The van der Waals surface area contributed by atoms with Gasteiger partial charge in [0.25, 0.3) is 10.0 Å². The summed E-state index contributed by atoms with van der Waals surface area (Å²) in [6, 6.07) is 4.57. The van der Waals surface area contributed by atoms with Gasteiger partial charge in [0.05, 0.1) is 24.4 Å². The molecule has 1 N–H and O–H groups in total. The molecule has 0 radical (unpaired) electrons. The van der Waals surface area contributed by atoms with E-state index in [0.29, 0.717) is 5.75 Å². The van der Waals surface area contributed by atoms with Crippen LogP contribution in [0.4, 0.5) is 5.82 Å². The van der Waals surface area contributed by atoms with Gasteiger partial charge >= 0.3 is 0 Å². The third kappa shape index (κ3) is 3.17. The van der Waals surface area contributed by atoms with E-state index in [1.807, 2.05) is 0 Å². The molecule has 8 heteroatoms. The lowest BCUT2D eigenvalue weighted by atomic mass is 10.2. The van der Waals surface area contributed by atoms with Crippen molar-refractivity contribution in [1.82, 2.24) is 9.97 Å². The van der Waals surface area contributed by atoms with Gasteiger partial charge in [-0.05, 0) is 30.7 Å². The first-order chi connectivity index (χ1) is 9.42. The van der Waals surface area contributed by atoms with E-state index in [1.165, 1.54) is 31.6 Å². The van der Waals surface area contributed by atoms with E-state index in [0.717, 1.165) is 5.56 Å². The minimum Gasteiger partial charge on any atom is -0.496 e. The smallest absolute Gasteiger partial charge is 0.263 e. The van der Waals surface area contributed by atoms with Crippen molar-refractivity contribution in [2.75, 3.05) is 11.8 Å². The number of nitrogens with one attached hydrogen (secondary N) is 1. The lowest BCUT2D eigenvalue weighted by Gasteiger charge is -2.09. The van der Waals surface area contributed by atoms with Crippen molar-refractivity contribution in [3.8, 4) is 5.75 Å². The predicted molar refractivity (Wildman–Crippen MR) is 75.6 cm³/mol. The number of aryl methyl sites for hydroxylation is 1. The molecule has 0 fully saturated rings. The number of anilines is 1. The molecule has 1 aromatic carbocycles. The van der Waals surface area contributed by atoms with Gasteiger partial charge < -0.3 is 4.74 Å². The lowest BCUT2D eigenvalue weighted by molar-refractivity contribution is 0.411. The largest absolute Gasteiger partial charge is 0.496 e. The Morgan fingerprint density at radius 3 is 2.55 bits per heavy atom.